The predicted molar refractivity (Wildman–Crippen MR) is 84.2 cm³/mol. The van der Waals surface area contributed by atoms with E-state index in [0.29, 0.717) is 16.5 Å². The second-order valence-electron chi connectivity index (χ2n) is 4.32. The van der Waals surface area contributed by atoms with Gasteiger partial charge in [0.05, 0.1) is 8.22 Å². The van der Waals surface area contributed by atoms with Crippen molar-refractivity contribution in [2.75, 3.05) is 0 Å². The summed E-state index contributed by atoms with van der Waals surface area (Å²) in [5, 5.41) is 0.257. The van der Waals surface area contributed by atoms with E-state index in [9.17, 15) is 0 Å². The highest BCUT2D eigenvalue weighted by atomic mass is 35.5. The minimum absolute atomic E-state index is 0.0123. The van der Waals surface area contributed by atoms with Gasteiger partial charge in [0.1, 0.15) is 11.2 Å². The molecule has 0 saturated heterocycles. The molecular weight excluding hydrogens is 268 g/mol. The van der Waals surface area contributed by atoms with Gasteiger partial charge in [0.2, 0.25) is 0 Å². The van der Waals surface area contributed by atoms with E-state index in [1.807, 2.05) is 6.07 Å². The second-order valence-corrected chi connectivity index (χ2v) is 4.69. The molecule has 3 aromatic carbocycles. The molecule has 1 aromatic heterocycles. The fourth-order valence-electron chi connectivity index (χ4n) is 2.25. The molecule has 1 heterocycles. The minimum Gasteiger partial charge on any atom is -0.456 e. The number of halogens is 1. The van der Waals surface area contributed by atoms with Gasteiger partial charge in [0.15, 0.2) is 0 Å². The number of benzene rings is 3. The Bertz CT molecular complexity index is 1200. The largest absolute Gasteiger partial charge is 0.456 e. The zero-order valence-corrected chi connectivity index (χ0v) is 10.9. The minimum atomic E-state index is -0.307. The van der Waals surface area contributed by atoms with Crippen LogP contribution in [0.15, 0.2) is 71.0 Å². The third kappa shape index (κ3) is 1.71. The fraction of sp³-hybridized carbons (Fsp3) is 0. The first kappa shape index (κ1) is 6.96. The van der Waals surface area contributed by atoms with Gasteiger partial charge in [-0.3, -0.25) is 0 Å². The van der Waals surface area contributed by atoms with E-state index in [-0.39, 0.29) is 57.8 Å². The maximum Gasteiger partial charge on any atom is 0.136 e. The summed E-state index contributed by atoms with van der Waals surface area (Å²) < 4.78 is 54.7. The summed E-state index contributed by atoms with van der Waals surface area (Å²) in [6, 6.07) is 7.38. The third-order valence-electron chi connectivity index (χ3n) is 3.10. The van der Waals surface area contributed by atoms with E-state index in [1.54, 1.807) is 24.3 Å². The number of hydrogen-bond acceptors (Lipinski definition) is 1. The van der Waals surface area contributed by atoms with Crippen molar-refractivity contribution in [3.05, 3.63) is 71.6 Å². The average molecular weight is 285 g/mol. The maximum atomic E-state index is 8.36. The molecule has 0 spiro atoms. The number of fused-ring (bicyclic) bond motifs is 3. The van der Waals surface area contributed by atoms with E-state index in [0.717, 1.165) is 0 Å². The highest BCUT2D eigenvalue weighted by molar-refractivity contribution is 6.31. The van der Waals surface area contributed by atoms with Crippen molar-refractivity contribution in [2.24, 2.45) is 0 Å². The van der Waals surface area contributed by atoms with E-state index < -0.39 is 0 Å². The lowest BCUT2D eigenvalue weighted by Gasteiger charge is -2.03. The summed E-state index contributed by atoms with van der Waals surface area (Å²) >= 11 is 5.97. The van der Waals surface area contributed by atoms with Crippen molar-refractivity contribution in [2.45, 2.75) is 0 Å². The van der Waals surface area contributed by atoms with E-state index >= 15 is 0 Å². The van der Waals surface area contributed by atoms with Crippen LogP contribution in [-0.2, 0) is 0 Å². The van der Waals surface area contributed by atoms with Crippen molar-refractivity contribution >= 4 is 33.5 Å². The lowest BCUT2D eigenvalue weighted by Crippen LogP contribution is -1.78. The van der Waals surface area contributed by atoms with Crippen LogP contribution in [0.2, 0.25) is 5.02 Å². The van der Waals surface area contributed by atoms with Gasteiger partial charge in [-0.1, -0.05) is 54.0 Å². The summed E-state index contributed by atoms with van der Waals surface area (Å²) in [4.78, 5) is 0. The van der Waals surface area contributed by atoms with Crippen molar-refractivity contribution in [3.63, 3.8) is 0 Å². The Morgan fingerprint density at radius 2 is 1.80 bits per heavy atom. The number of rotatable bonds is 1. The molecule has 1 nitrogen and oxygen atoms in total. The van der Waals surface area contributed by atoms with Crippen LogP contribution >= 0.6 is 11.6 Å². The summed E-state index contributed by atoms with van der Waals surface area (Å²) in [5.74, 6) is 0. The van der Waals surface area contributed by atoms with Crippen molar-refractivity contribution in [1.29, 1.82) is 0 Å². The standard InChI is InChI=1S/C18H11ClO/c19-13-9-10-15-17(11-13)20-16-8-4-7-14(18(15)16)12-5-2-1-3-6-12/h1-11H/i4D,7D,8D,9D,10D,11D. The quantitative estimate of drug-likeness (QED) is 0.424. The molecule has 0 atom stereocenters. The molecule has 0 aliphatic heterocycles. The van der Waals surface area contributed by atoms with Crippen LogP contribution in [0.5, 0.6) is 0 Å². The molecule has 4 aromatic rings. The molecule has 0 unspecified atom stereocenters. The summed E-state index contributed by atoms with van der Waals surface area (Å²) in [6.07, 6.45) is 0. The first-order chi connectivity index (χ1) is 12.3. The van der Waals surface area contributed by atoms with Gasteiger partial charge in [-0.15, -0.1) is 0 Å². The molecule has 0 saturated carbocycles. The molecule has 20 heavy (non-hydrogen) atoms. The first-order valence-corrected chi connectivity index (χ1v) is 6.39. The van der Waals surface area contributed by atoms with Gasteiger partial charge in [-0.25, -0.2) is 0 Å². The van der Waals surface area contributed by atoms with E-state index in [2.05, 4.69) is 0 Å². The van der Waals surface area contributed by atoms with Crippen LogP contribution in [-0.4, -0.2) is 0 Å². The molecule has 0 N–H and O–H groups in total. The Balaban J connectivity index is 2.36. The first-order valence-electron chi connectivity index (χ1n) is 9.01. The average Bonchev–Trinajstić information content (AvgIpc) is 3.04. The molecule has 0 fully saturated rings. The van der Waals surface area contributed by atoms with Crippen LogP contribution in [0, 0.1) is 0 Å². The normalized spacial score (nSPS) is 15.4. The zero-order chi connectivity index (χ0) is 18.7. The van der Waals surface area contributed by atoms with Crippen molar-refractivity contribution in [1.82, 2.24) is 0 Å². The second kappa shape index (κ2) is 4.39. The smallest absolute Gasteiger partial charge is 0.136 e. The zero-order valence-electron chi connectivity index (χ0n) is 16.2. The monoisotopic (exact) mass is 284 g/mol. The van der Waals surface area contributed by atoms with Gasteiger partial charge in [0.25, 0.3) is 0 Å². The molecule has 0 bridgehead atoms. The van der Waals surface area contributed by atoms with E-state index in [4.69, 9.17) is 24.2 Å². The van der Waals surface area contributed by atoms with Gasteiger partial charge < -0.3 is 4.42 Å². The Hall–Kier alpha value is -2.25. The Kier molecular flexibility index (Phi) is 1.53. The predicted octanol–water partition coefficient (Wildman–Crippen LogP) is 5.91. The molecule has 2 heteroatoms. The summed E-state index contributed by atoms with van der Waals surface area (Å²) in [6.45, 7) is 0. The maximum absolute atomic E-state index is 8.36. The summed E-state index contributed by atoms with van der Waals surface area (Å²) in [5.41, 5.74) is 0.978. The third-order valence-corrected chi connectivity index (χ3v) is 3.29. The molecule has 0 amide bonds. The van der Waals surface area contributed by atoms with Crippen LogP contribution in [0.1, 0.15) is 8.22 Å². The SMILES string of the molecule is [2H]c1c([2H])c(-c2ccccc2)c2c(oc3c([2H])c(Cl)c([2H])c([2H])c32)c1[2H]. The Labute approximate surface area is 129 Å². The van der Waals surface area contributed by atoms with Gasteiger partial charge in [-0.2, -0.15) is 0 Å². The fourth-order valence-corrected chi connectivity index (χ4v) is 2.38. The van der Waals surface area contributed by atoms with Crippen molar-refractivity contribution in [3.8, 4) is 11.1 Å². The number of furan rings is 1. The van der Waals surface area contributed by atoms with Gasteiger partial charge in [0, 0.05) is 21.8 Å². The van der Waals surface area contributed by atoms with Gasteiger partial charge in [-0.05, 0) is 29.3 Å². The van der Waals surface area contributed by atoms with E-state index in [1.165, 1.54) is 0 Å². The van der Waals surface area contributed by atoms with Crippen LogP contribution < -0.4 is 0 Å². The Morgan fingerprint density at radius 3 is 2.65 bits per heavy atom. The lowest BCUT2D eigenvalue weighted by molar-refractivity contribution is 0.669. The van der Waals surface area contributed by atoms with Crippen LogP contribution in [0.25, 0.3) is 33.1 Å². The molecule has 4 rings (SSSR count). The molecule has 0 aliphatic rings. The highest BCUT2D eigenvalue weighted by Gasteiger charge is 2.12. The van der Waals surface area contributed by atoms with Crippen LogP contribution in [0.3, 0.4) is 0 Å². The lowest BCUT2D eigenvalue weighted by atomic mass is 10.00. The molecule has 0 aliphatic carbocycles. The molecule has 0 radical (unpaired) electrons. The molecular formula is C18H11ClO. The Morgan fingerprint density at radius 1 is 0.950 bits per heavy atom. The van der Waals surface area contributed by atoms with Gasteiger partial charge >= 0.3 is 0 Å². The molecule has 96 valence electrons. The topological polar surface area (TPSA) is 13.1 Å². The highest BCUT2D eigenvalue weighted by Crippen LogP contribution is 2.37. The summed E-state index contributed by atoms with van der Waals surface area (Å²) in [7, 11) is 0. The number of hydrogen-bond donors (Lipinski definition) is 0. The van der Waals surface area contributed by atoms with Crippen LogP contribution in [0.4, 0.5) is 0 Å². The van der Waals surface area contributed by atoms with Crippen molar-refractivity contribution < 1.29 is 12.6 Å².